The Bertz CT molecular complexity index is 817. The minimum atomic E-state index is -3.48. The zero-order valence-electron chi connectivity index (χ0n) is 14.9. The molecule has 1 atom stereocenters. The summed E-state index contributed by atoms with van der Waals surface area (Å²) >= 11 is 0. The van der Waals surface area contributed by atoms with Crippen molar-refractivity contribution < 1.29 is 8.42 Å². The highest BCUT2D eigenvalue weighted by Gasteiger charge is 2.21. The van der Waals surface area contributed by atoms with E-state index in [-0.39, 0.29) is 6.04 Å². The molecule has 134 valence electrons. The van der Waals surface area contributed by atoms with E-state index in [1.54, 1.807) is 6.07 Å². The molecule has 0 aromatic heterocycles. The Hall–Kier alpha value is -1.69. The van der Waals surface area contributed by atoms with Crippen molar-refractivity contribution in [3.05, 3.63) is 65.2 Å². The molecule has 3 rings (SSSR count). The number of fused-ring (bicyclic) bond motifs is 1. The molecule has 1 unspecified atom stereocenters. The van der Waals surface area contributed by atoms with E-state index >= 15 is 0 Å². The van der Waals surface area contributed by atoms with Crippen LogP contribution in [0.2, 0.25) is 0 Å². The van der Waals surface area contributed by atoms with Crippen LogP contribution >= 0.6 is 0 Å². The van der Waals surface area contributed by atoms with Crippen LogP contribution in [-0.4, -0.2) is 40.0 Å². The fourth-order valence-electron chi connectivity index (χ4n) is 3.33. The predicted molar refractivity (Wildman–Crippen MR) is 101 cm³/mol. The summed E-state index contributed by atoms with van der Waals surface area (Å²) in [5, 5.41) is 0. The molecule has 0 heterocycles. The second kappa shape index (κ2) is 7.68. The van der Waals surface area contributed by atoms with Crippen molar-refractivity contribution in [1.82, 2.24) is 9.62 Å². The van der Waals surface area contributed by atoms with Gasteiger partial charge in [-0.3, -0.25) is 0 Å². The molecule has 0 saturated heterocycles. The standard InChI is InChI=1S/C20H26N2O2S/c1-22(2)19(13-16-7-4-3-5-8-16)15-21-25(23,24)20-12-11-17-9-6-10-18(17)14-20/h3-5,7-8,11-12,14,19,21H,6,9-10,13,15H2,1-2H3. The lowest BCUT2D eigenvalue weighted by Crippen LogP contribution is -2.41. The van der Waals surface area contributed by atoms with Gasteiger partial charge in [-0.2, -0.15) is 0 Å². The van der Waals surface area contributed by atoms with Gasteiger partial charge in [0.25, 0.3) is 0 Å². The van der Waals surface area contributed by atoms with E-state index < -0.39 is 10.0 Å². The van der Waals surface area contributed by atoms with Gasteiger partial charge >= 0.3 is 0 Å². The Morgan fingerprint density at radius 2 is 1.76 bits per heavy atom. The number of benzene rings is 2. The van der Waals surface area contributed by atoms with Gasteiger partial charge in [-0.05, 0) is 68.6 Å². The van der Waals surface area contributed by atoms with E-state index in [1.807, 2.05) is 44.4 Å². The second-order valence-electron chi connectivity index (χ2n) is 6.94. The van der Waals surface area contributed by atoms with Crippen LogP contribution in [0.15, 0.2) is 53.4 Å². The van der Waals surface area contributed by atoms with Crippen molar-refractivity contribution in [2.75, 3.05) is 20.6 Å². The van der Waals surface area contributed by atoms with Crippen LogP contribution in [0.1, 0.15) is 23.1 Å². The van der Waals surface area contributed by atoms with Gasteiger partial charge < -0.3 is 4.90 Å². The molecular formula is C20H26N2O2S. The summed E-state index contributed by atoms with van der Waals surface area (Å²) in [6.45, 7) is 0.390. The van der Waals surface area contributed by atoms with Crippen LogP contribution < -0.4 is 4.72 Å². The van der Waals surface area contributed by atoms with Gasteiger partial charge in [0.05, 0.1) is 4.90 Å². The van der Waals surface area contributed by atoms with E-state index in [1.165, 1.54) is 16.7 Å². The van der Waals surface area contributed by atoms with Crippen molar-refractivity contribution >= 4 is 10.0 Å². The van der Waals surface area contributed by atoms with Crippen LogP contribution in [-0.2, 0) is 29.3 Å². The molecule has 0 bridgehead atoms. The van der Waals surface area contributed by atoms with E-state index in [2.05, 4.69) is 21.8 Å². The van der Waals surface area contributed by atoms with Gasteiger partial charge in [0, 0.05) is 12.6 Å². The Morgan fingerprint density at radius 3 is 2.48 bits per heavy atom. The maximum atomic E-state index is 12.7. The van der Waals surface area contributed by atoms with Gasteiger partial charge in [-0.25, -0.2) is 13.1 Å². The third-order valence-electron chi connectivity index (χ3n) is 4.93. The fraction of sp³-hybridized carbons (Fsp3) is 0.400. The van der Waals surface area contributed by atoms with Gasteiger partial charge in [-0.1, -0.05) is 36.4 Å². The minimum Gasteiger partial charge on any atom is -0.305 e. The molecule has 2 aromatic carbocycles. The first-order valence-electron chi connectivity index (χ1n) is 8.77. The van der Waals surface area contributed by atoms with Crippen molar-refractivity contribution in [3.8, 4) is 0 Å². The van der Waals surface area contributed by atoms with Gasteiger partial charge in [0.1, 0.15) is 0 Å². The fourth-order valence-corrected chi connectivity index (χ4v) is 4.45. The highest BCUT2D eigenvalue weighted by atomic mass is 32.2. The number of hydrogen-bond acceptors (Lipinski definition) is 3. The lowest BCUT2D eigenvalue weighted by molar-refractivity contribution is 0.291. The molecule has 0 spiro atoms. The first-order chi connectivity index (χ1) is 12.0. The summed E-state index contributed by atoms with van der Waals surface area (Å²) in [5.41, 5.74) is 3.67. The Morgan fingerprint density at radius 1 is 1.04 bits per heavy atom. The highest BCUT2D eigenvalue weighted by molar-refractivity contribution is 7.89. The number of rotatable bonds is 7. The number of hydrogen-bond donors (Lipinski definition) is 1. The molecule has 0 radical (unpaired) electrons. The molecule has 5 heteroatoms. The van der Waals surface area contributed by atoms with Gasteiger partial charge in [-0.15, -0.1) is 0 Å². The Kier molecular flexibility index (Phi) is 5.57. The zero-order valence-corrected chi connectivity index (χ0v) is 15.7. The number of sulfonamides is 1. The summed E-state index contributed by atoms with van der Waals surface area (Å²) in [5.74, 6) is 0. The molecule has 4 nitrogen and oxygen atoms in total. The smallest absolute Gasteiger partial charge is 0.240 e. The first-order valence-corrected chi connectivity index (χ1v) is 10.3. The summed E-state index contributed by atoms with van der Waals surface area (Å²) < 4.78 is 28.2. The number of nitrogens with zero attached hydrogens (tertiary/aromatic N) is 1. The van der Waals surface area contributed by atoms with Crippen LogP contribution in [0.4, 0.5) is 0 Å². The summed E-state index contributed by atoms with van der Waals surface area (Å²) in [7, 11) is 0.487. The maximum absolute atomic E-state index is 12.7. The van der Waals surface area contributed by atoms with E-state index in [4.69, 9.17) is 0 Å². The lowest BCUT2D eigenvalue weighted by Gasteiger charge is -2.24. The minimum absolute atomic E-state index is 0.103. The molecule has 2 aromatic rings. The number of nitrogens with one attached hydrogen (secondary N) is 1. The summed E-state index contributed by atoms with van der Waals surface area (Å²) in [6.07, 6.45) is 3.96. The molecule has 0 amide bonds. The third kappa shape index (κ3) is 4.48. The number of aryl methyl sites for hydroxylation is 2. The van der Waals surface area contributed by atoms with E-state index in [0.717, 1.165) is 25.7 Å². The molecular weight excluding hydrogens is 332 g/mol. The monoisotopic (exact) mass is 358 g/mol. The molecule has 25 heavy (non-hydrogen) atoms. The quantitative estimate of drug-likeness (QED) is 0.828. The van der Waals surface area contributed by atoms with Crippen molar-refractivity contribution in [2.45, 2.75) is 36.6 Å². The second-order valence-corrected chi connectivity index (χ2v) is 8.71. The molecule has 1 aliphatic rings. The lowest BCUT2D eigenvalue weighted by atomic mass is 10.1. The highest BCUT2D eigenvalue weighted by Crippen LogP contribution is 2.24. The summed E-state index contributed by atoms with van der Waals surface area (Å²) in [4.78, 5) is 2.45. The SMILES string of the molecule is CN(C)C(CNS(=O)(=O)c1ccc2c(c1)CCC2)Cc1ccccc1. The normalized spacial score (nSPS) is 15.3. The van der Waals surface area contributed by atoms with Crippen LogP contribution in [0.3, 0.4) is 0 Å². The predicted octanol–water partition coefficient (Wildman–Crippen LogP) is 2.63. The van der Waals surface area contributed by atoms with E-state index in [9.17, 15) is 8.42 Å². The van der Waals surface area contributed by atoms with Gasteiger partial charge in [0.2, 0.25) is 10.0 Å². The van der Waals surface area contributed by atoms with Gasteiger partial charge in [0.15, 0.2) is 0 Å². The Balaban J connectivity index is 1.69. The first kappa shape index (κ1) is 18.1. The van der Waals surface area contributed by atoms with Crippen molar-refractivity contribution in [1.29, 1.82) is 0 Å². The average Bonchev–Trinajstić information content (AvgIpc) is 3.07. The topological polar surface area (TPSA) is 49.4 Å². The molecule has 1 aliphatic carbocycles. The Labute approximate surface area is 150 Å². The van der Waals surface area contributed by atoms with Crippen LogP contribution in [0, 0.1) is 0 Å². The molecule has 1 N–H and O–H groups in total. The van der Waals surface area contributed by atoms with Crippen molar-refractivity contribution in [2.24, 2.45) is 0 Å². The largest absolute Gasteiger partial charge is 0.305 e. The molecule has 0 aliphatic heterocycles. The third-order valence-corrected chi connectivity index (χ3v) is 6.35. The average molecular weight is 359 g/mol. The maximum Gasteiger partial charge on any atom is 0.240 e. The van der Waals surface area contributed by atoms with E-state index in [0.29, 0.717) is 11.4 Å². The van der Waals surface area contributed by atoms with Crippen molar-refractivity contribution in [3.63, 3.8) is 0 Å². The number of likely N-dealkylation sites (N-methyl/N-ethyl adjacent to an activating group) is 1. The van der Waals surface area contributed by atoms with Crippen LogP contribution in [0.5, 0.6) is 0 Å². The zero-order chi connectivity index (χ0) is 17.9. The van der Waals surface area contributed by atoms with Crippen LogP contribution in [0.25, 0.3) is 0 Å². The summed E-state index contributed by atoms with van der Waals surface area (Å²) in [6, 6.07) is 15.8. The molecule has 0 fully saturated rings. The molecule has 0 saturated carbocycles.